The fourth-order valence-electron chi connectivity index (χ4n) is 9.06. The molecule has 6 heteroatoms. The molecule has 0 amide bonds. The zero-order valence-corrected chi connectivity index (χ0v) is 18.4. The van der Waals surface area contributed by atoms with Gasteiger partial charge < -0.3 is 29.5 Å². The van der Waals surface area contributed by atoms with Gasteiger partial charge in [-0.1, -0.05) is 13.8 Å². The van der Waals surface area contributed by atoms with E-state index in [4.69, 9.17) is 14.2 Å². The molecule has 29 heavy (non-hydrogen) atoms. The van der Waals surface area contributed by atoms with Crippen molar-refractivity contribution in [2.24, 2.45) is 28.6 Å². The number of rotatable bonds is 0. The fourth-order valence-corrected chi connectivity index (χ4v) is 9.06. The van der Waals surface area contributed by atoms with Gasteiger partial charge in [0.05, 0.1) is 29.5 Å². The molecule has 0 aromatic heterocycles. The van der Waals surface area contributed by atoms with E-state index in [2.05, 4.69) is 0 Å². The standard InChI is InChI=1S/C23H36O6/c1-18(2)15-13(27-15)14-21(6,25)12-8-7-11-9-22(12,10-20(11,5)24)16-17(23(14,18)26)29-19(3,4)28-16/h11-17,24-26H,7-10H2,1-6H3/t11-,12+,13+,14+,15+,16-,17-,20-,21-,22-,23+/m1/s1. The molecule has 2 heterocycles. The van der Waals surface area contributed by atoms with Crippen LogP contribution in [0.1, 0.15) is 67.2 Å². The zero-order chi connectivity index (χ0) is 21.0. The Bertz CT molecular complexity index is 773. The lowest BCUT2D eigenvalue weighted by Crippen LogP contribution is -2.64. The maximum atomic E-state index is 12.5. The van der Waals surface area contributed by atoms with Crippen LogP contribution >= 0.6 is 0 Å². The van der Waals surface area contributed by atoms with Crippen molar-refractivity contribution in [2.75, 3.05) is 0 Å². The Kier molecular flexibility index (Phi) is 3.28. The van der Waals surface area contributed by atoms with E-state index < -0.39 is 45.4 Å². The Hall–Kier alpha value is -0.240. The molecule has 11 atom stereocenters. The maximum Gasteiger partial charge on any atom is 0.163 e. The van der Waals surface area contributed by atoms with Crippen molar-refractivity contribution in [1.29, 1.82) is 0 Å². The molecule has 0 unspecified atom stereocenters. The van der Waals surface area contributed by atoms with Crippen molar-refractivity contribution in [2.45, 2.75) is 114 Å². The number of hydrogen-bond acceptors (Lipinski definition) is 6. The van der Waals surface area contributed by atoms with Gasteiger partial charge >= 0.3 is 0 Å². The summed E-state index contributed by atoms with van der Waals surface area (Å²) in [6.45, 7) is 11.7. The van der Waals surface area contributed by atoms with E-state index in [-0.39, 0.29) is 30.1 Å². The minimum atomic E-state index is -1.27. The first kappa shape index (κ1) is 19.4. The van der Waals surface area contributed by atoms with Crippen molar-refractivity contribution in [1.82, 2.24) is 0 Å². The molecule has 0 aromatic carbocycles. The van der Waals surface area contributed by atoms with Crippen molar-refractivity contribution in [3.05, 3.63) is 0 Å². The minimum Gasteiger partial charge on any atom is -0.390 e. The molecule has 6 rings (SSSR count). The molecule has 0 radical (unpaired) electrons. The van der Waals surface area contributed by atoms with Crippen LogP contribution < -0.4 is 0 Å². The minimum absolute atomic E-state index is 0.0750. The molecule has 2 bridgehead atoms. The molecule has 4 saturated carbocycles. The largest absolute Gasteiger partial charge is 0.390 e. The molecule has 164 valence electrons. The summed E-state index contributed by atoms with van der Waals surface area (Å²) in [4.78, 5) is 0. The summed E-state index contributed by atoms with van der Waals surface area (Å²) in [5.41, 5.74) is -4.17. The molecule has 0 aromatic rings. The van der Waals surface area contributed by atoms with Gasteiger partial charge in [0.2, 0.25) is 0 Å². The molecule has 1 spiro atoms. The van der Waals surface area contributed by atoms with Gasteiger partial charge in [0.25, 0.3) is 0 Å². The van der Waals surface area contributed by atoms with E-state index in [0.29, 0.717) is 6.42 Å². The van der Waals surface area contributed by atoms with Crippen LogP contribution in [-0.4, -0.2) is 62.3 Å². The third kappa shape index (κ3) is 1.97. The lowest BCUT2D eigenvalue weighted by atomic mass is 9.58. The third-order valence-electron chi connectivity index (χ3n) is 10.2. The van der Waals surface area contributed by atoms with Crippen LogP contribution in [0.4, 0.5) is 0 Å². The van der Waals surface area contributed by atoms with Gasteiger partial charge in [-0.2, -0.15) is 0 Å². The van der Waals surface area contributed by atoms with Crippen LogP contribution in [0.2, 0.25) is 0 Å². The molecule has 6 fully saturated rings. The predicted octanol–water partition coefficient (Wildman–Crippen LogP) is 1.98. The summed E-state index contributed by atoms with van der Waals surface area (Å²) >= 11 is 0. The summed E-state index contributed by atoms with van der Waals surface area (Å²) in [6, 6.07) is 0. The van der Waals surface area contributed by atoms with Crippen LogP contribution in [0.3, 0.4) is 0 Å². The van der Waals surface area contributed by atoms with Gasteiger partial charge in [0.1, 0.15) is 11.7 Å². The second kappa shape index (κ2) is 4.89. The second-order valence-corrected chi connectivity index (χ2v) is 12.5. The summed E-state index contributed by atoms with van der Waals surface area (Å²) in [5, 5.41) is 35.9. The Labute approximate surface area is 172 Å². The van der Waals surface area contributed by atoms with E-state index in [1.807, 2.05) is 41.5 Å². The van der Waals surface area contributed by atoms with E-state index >= 15 is 0 Å². The number of ether oxygens (including phenoxy) is 3. The lowest BCUT2D eigenvalue weighted by Gasteiger charge is -2.51. The molecular weight excluding hydrogens is 372 g/mol. The zero-order valence-electron chi connectivity index (χ0n) is 18.4. The van der Waals surface area contributed by atoms with Crippen molar-refractivity contribution < 1.29 is 29.5 Å². The molecular formula is C23H36O6. The average molecular weight is 409 g/mol. The summed E-state index contributed by atoms with van der Waals surface area (Å²) in [6.07, 6.45) is 1.94. The Balaban J connectivity index is 1.60. The van der Waals surface area contributed by atoms with Crippen LogP contribution in [0, 0.1) is 28.6 Å². The predicted molar refractivity (Wildman–Crippen MR) is 104 cm³/mol. The third-order valence-corrected chi connectivity index (χ3v) is 10.2. The van der Waals surface area contributed by atoms with E-state index in [1.165, 1.54) is 0 Å². The quantitative estimate of drug-likeness (QED) is 0.531. The topological polar surface area (TPSA) is 91.7 Å². The van der Waals surface area contributed by atoms with Gasteiger partial charge in [-0.15, -0.1) is 0 Å². The van der Waals surface area contributed by atoms with Gasteiger partial charge in [-0.3, -0.25) is 0 Å². The summed E-state index contributed by atoms with van der Waals surface area (Å²) in [5.74, 6) is -1.15. The van der Waals surface area contributed by atoms with Crippen LogP contribution in [-0.2, 0) is 14.2 Å². The Morgan fingerprint density at radius 3 is 2.17 bits per heavy atom. The first-order chi connectivity index (χ1) is 13.2. The van der Waals surface area contributed by atoms with Crippen molar-refractivity contribution >= 4 is 0 Å². The highest BCUT2D eigenvalue weighted by molar-refractivity contribution is 5.33. The SMILES string of the molecule is CC1(C)O[C@@H]2[C@@H](O1)[C@@]1(O)[C@@H]([C@@H]3O[C@@H]3C1(C)C)[C@](C)(O)[C@@H]1CC[C@@H]3C[C@]21C[C@@]3(C)O. The monoisotopic (exact) mass is 408 g/mol. The maximum absolute atomic E-state index is 12.5. The average Bonchev–Trinajstić information content (AvgIpc) is 3.19. The molecule has 2 saturated heterocycles. The molecule has 3 N–H and O–H groups in total. The van der Waals surface area contributed by atoms with E-state index in [0.717, 1.165) is 19.3 Å². The summed E-state index contributed by atoms with van der Waals surface area (Å²) in [7, 11) is 0. The van der Waals surface area contributed by atoms with Crippen molar-refractivity contribution in [3.8, 4) is 0 Å². The van der Waals surface area contributed by atoms with Gasteiger partial charge in [-0.25, -0.2) is 0 Å². The first-order valence-electron chi connectivity index (χ1n) is 11.4. The second-order valence-electron chi connectivity index (χ2n) is 12.5. The number of hydrogen-bond donors (Lipinski definition) is 3. The smallest absolute Gasteiger partial charge is 0.163 e. The normalized spacial score (nSPS) is 65.9. The Morgan fingerprint density at radius 1 is 0.828 bits per heavy atom. The highest BCUT2D eigenvalue weighted by atomic mass is 16.8. The van der Waals surface area contributed by atoms with E-state index in [1.54, 1.807) is 0 Å². The highest BCUT2D eigenvalue weighted by Crippen LogP contribution is 2.74. The number of aliphatic hydroxyl groups is 3. The van der Waals surface area contributed by atoms with E-state index in [9.17, 15) is 15.3 Å². The van der Waals surface area contributed by atoms with Crippen molar-refractivity contribution in [3.63, 3.8) is 0 Å². The van der Waals surface area contributed by atoms with Crippen LogP contribution in [0.5, 0.6) is 0 Å². The van der Waals surface area contributed by atoms with Gasteiger partial charge in [-0.05, 0) is 65.2 Å². The molecule has 6 nitrogen and oxygen atoms in total. The molecule has 4 aliphatic carbocycles. The highest BCUT2D eigenvalue weighted by Gasteiger charge is 2.85. The van der Waals surface area contributed by atoms with Gasteiger partial charge in [0, 0.05) is 16.7 Å². The lowest BCUT2D eigenvalue weighted by molar-refractivity contribution is -0.249. The summed E-state index contributed by atoms with van der Waals surface area (Å²) < 4.78 is 19.1. The van der Waals surface area contributed by atoms with Gasteiger partial charge in [0.15, 0.2) is 5.79 Å². The first-order valence-corrected chi connectivity index (χ1v) is 11.4. The number of fused-ring (bicyclic) bond motifs is 6. The number of epoxide rings is 1. The van der Waals surface area contributed by atoms with Crippen LogP contribution in [0.25, 0.3) is 0 Å². The van der Waals surface area contributed by atoms with Crippen LogP contribution in [0.15, 0.2) is 0 Å². The fraction of sp³-hybridized carbons (Fsp3) is 1.00. The molecule has 6 aliphatic rings. The molecule has 2 aliphatic heterocycles. The Morgan fingerprint density at radius 2 is 1.48 bits per heavy atom.